The lowest BCUT2D eigenvalue weighted by Crippen LogP contribution is -2.33. The summed E-state index contributed by atoms with van der Waals surface area (Å²) in [4.78, 5) is 13.1. The van der Waals surface area contributed by atoms with Gasteiger partial charge in [0.25, 0.3) is 0 Å². The number of thiocarbonyl (C=S) groups is 1. The molecule has 0 saturated carbocycles. The average molecular weight is 420 g/mol. The van der Waals surface area contributed by atoms with Crippen LogP contribution in [-0.4, -0.2) is 38.2 Å². The number of carbonyl (C=O) groups is 1. The third-order valence-electron chi connectivity index (χ3n) is 4.86. The molecule has 1 aliphatic carbocycles. The summed E-state index contributed by atoms with van der Waals surface area (Å²) >= 11 is 6.70. The minimum atomic E-state index is -0.854. The van der Waals surface area contributed by atoms with Crippen molar-refractivity contribution in [3.63, 3.8) is 0 Å². The summed E-state index contributed by atoms with van der Waals surface area (Å²) in [7, 11) is 0. The fourth-order valence-electron chi connectivity index (χ4n) is 3.27. The van der Waals surface area contributed by atoms with Gasteiger partial charge in [-0.3, -0.25) is 4.79 Å². The molecule has 1 heterocycles. The van der Waals surface area contributed by atoms with Gasteiger partial charge in [0.2, 0.25) is 0 Å². The predicted molar refractivity (Wildman–Crippen MR) is 114 cm³/mol. The van der Waals surface area contributed by atoms with Crippen molar-refractivity contribution in [1.29, 1.82) is 0 Å². The van der Waals surface area contributed by atoms with Crippen molar-refractivity contribution in [1.82, 2.24) is 4.90 Å². The van der Waals surface area contributed by atoms with E-state index in [-0.39, 0.29) is 24.1 Å². The predicted octanol–water partition coefficient (Wildman–Crippen LogP) is 4.43. The normalized spacial score (nSPS) is 26.0. The summed E-state index contributed by atoms with van der Waals surface area (Å²) in [6, 6.07) is 6.43. The van der Waals surface area contributed by atoms with Crippen LogP contribution in [-0.2, 0) is 4.79 Å². The number of allylic oxidation sites excluding steroid dienone is 5. The van der Waals surface area contributed by atoms with Crippen molar-refractivity contribution in [2.75, 3.05) is 6.54 Å². The molecular weight excluding hydrogens is 397 g/mol. The summed E-state index contributed by atoms with van der Waals surface area (Å²) in [5.41, 5.74) is 2.02. The molecule has 28 heavy (non-hydrogen) atoms. The lowest BCUT2D eigenvalue weighted by Gasteiger charge is -2.23. The van der Waals surface area contributed by atoms with E-state index in [9.17, 15) is 14.3 Å². The highest BCUT2D eigenvalue weighted by Crippen LogP contribution is 2.38. The van der Waals surface area contributed by atoms with Crippen LogP contribution >= 0.6 is 24.0 Å². The van der Waals surface area contributed by atoms with E-state index in [4.69, 9.17) is 17.3 Å². The zero-order chi connectivity index (χ0) is 20.3. The number of carboxylic acids is 1. The third-order valence-corrected chi connectivity index (χ3v) is 6.34. The summed E-state index contributed by atoms with van der Waals surface area (Å²) in [6.45, 7) is 2.52. The Morgan fingerprint density at radius 2 is 2.07 bits per heavy atom. The number of hydrogen-bond acceptors (Lipinski definition) is 4. The van der Waals surface area contributed by atoms with Gasteiger partial charge in [0, 0.05) is 23.8 Å². The molecule has 1 fully saturated rings. The quantitative estimate of drug-likeness (QED) is 0.665. The minimum Gasteiger partial charge on any atom is -0.481 e. The molecule has 3 atom stereocenters. The van der Waals surface area contributed by atoms with Gasteiger partial charge in [0.15, 0.2) is 6.23 Å². The van der Waals surface area contributed by atoms with Gasteiger partial charge in [0.05, 0.1) is 0 Å². The third kappa shape index (κ3) is 4.90. The van der Waals surface area contributed by atoms with Gasteiger partial charge in [-0.15, -0.1) is 0 Å². The Hall–Kier alpha value is -1.96. The molecule has 1 aromatic carbocycles. The molecule has 3 rings (SSSR count). The first kappa shape index (κ1) is 20.8. The van der Waals surface area contributed by atoms with Gasteiger partial charge in [0.1, 0.15) is 10.1 Å². The monoisotopic (exact) mass is 419 g/mol. The van der Waals surface area contributed by atoms with Crippen LogP contribution in [0.25, 0.3) is 5.57 Å². The van der Waals surface area contributed by atoms with Crippen molar-refractivity contribution in [3.05, 3.63) is 64.9 Å². The van der Waals surface area contributed by atoms with E-state index >= 15 is 0 Å². The first-order chi connectivity index (χ1) is 13.3. The smallest absolute Gasteiger partial charge is 0.303 e. The molecule has 0 spiro atoms. The lowest BCUT2D eigenvalue weighted by atomic mass is 9.85. The number of nitrogens with zero attached hydrogens (tertiary/aromatic N) is 1. The van der Waals surface area contributed by atoms with E-state index in [1.54, 1.807) is 17.0 Å². The molecule has 4 nitrogen and oxygen atoms in total. The Morgan fingerprint density at radius 1 is 1.36 bits per heavy atom. The van der Waals surface area contributed by atoms with Crippen molar-refractivity contribution in [3.8, 4) is 0 Å². The second-order valence-electron chi connectivity index (χ2n) is 6.93. The zero-order valence-electron chi connectivity index (χ0n) is 15.4. The van der Waals surface area contributed by atoms with Crippen molar-refractivity contribution in [2.24, 2.45) is 11.8 Å². The Balaban J connectivity index is 1.67. The summed E-state index contributed by atoms with van der Waals surface area (Å²) in [5, 5.41) is 19.4. The maximum absolute atomic E-state index is 13.1. The molecule has 0 amide bonds. The Morgan fingerprint density at radius 3 is 2.71 bits per heavy atom. The number of benzene rings is 1. The molecule has 148 valence electrons. The average Bonchev–Trinajstić information content (AvgIpc) is 2.91. The summed E-state index contributed by atoms with van der Waals surface area (Å²) < 4.78 is 13.7. The number of aliphatic hydroxyl groups is 1. The van der Waals surface area contributed by atoms with E-state index < -0.39 is 12.2 Å². The van der Waals surface area contributed by atoms with E-state index in [1.807, 2.05) is 12.2 Å². The van der Waals surface area contributed by atoms with E-state index in [0.717, 1.165) is 16.0 Å². The van der Waals surface area contributed by atoms with Crippen LogP contribution in [0.4, 0.5) is 4.39 Å². The van der Waals surface area contributed by atoms with Crippen molar-refractivity contribution < 1.29 is 19.4 Å². The standard InChI is InChI=1S/C21H22FNO3S2/c1-13-11-16(14-6-8-17(22)9-7-14)5-4-15(13)12-18-20(26)23(21(27)28-18)10-2-3-19(24)25/h4-9,11-13,15,20,26H,2-3,10H2,1H3,(H,24,25)/b18-12-. The molecule has 0 bridgehead atoms. The molecule has 1 saturated heterocycles. The summed E-state index contributed by atoms with van der Waals surface area (Å²) in [6.07, 6.45) is 7.93. The molecule has 7 heteroatoms. The van der Waals surface area contributed by atoms with E-state index in [0.29, 0.717) is 17.3 Å². The molecule has 1 aliphatic heterocycles. The zero-order valence-corrected chi connectivity index (χ0v) is 17.0. The Bertz CT molecular complexity index is 848. The molecule has 2 N–H and O–H groups in total. The first-order valence-electron chi connectivity index (χ1n) is 9.11. The number of hydrogen-bond donors (Lipinski definition) is 2. The molecule has 0 aromatic heterocycles. The second kappa shape index (κ2) is 9.03. The molecule has 2 aliphatic rings. The van der Waals surface area contributed by atoms with Gasteiger partial charge >= 0.3 is 5.97 Å². The number of aliphatic hydroxyl groups excluding tert-OH is 1. The van der Waals surface area contributed by atoms with Gasteiger partial charge in [-0.25, -0.2) is 4.39 Å². The van der Waals surface area contributed by atoms with Gasteiger partial charge < -0.3 is 15.1 Å². The number of rotatable bonds is 6. The highest BCUT2D eigenvalue weighted by molar-refractivity contribution is 8.25. The first-order valence-corrected chi connectivity index (χ1v) is 10.3. The highest BCUT2D eigenvalue weighted by Gasteiger charge is 2.32. The van der Waals surface area contributed by atoms with Crippen LogP contribution in [0.5, 0.6) is 0 Å². The Kier molecular flexibility index (Phi) is 6.69. The van der Waals surface area contributed by atoms with Crippen molar-refractivity contribution in [2.45, 2.75) is 26.0 Å². The van der Waals surface area contributed by atoms with E-state index in [2.05, 4.69) is 19.1 Å². The Labute approximate surface area is 173 Å². The molecule has 1 aromatic rings. The maximum Gasteiger partial charge on any atom is 0.303 e. The number of aliphatic carboxylic acids is 1. The van der Waals surface area contributed by atoms with Gasteiger partial charge in [-0.05, 0) is 35.6 Å². The van der Waals surface area contributed by atoms with Gasteiger partial charge in [-0.1, -0.05) is 67.3 Å². The fourth-order valence-corrected chi connectivity index (χ4v) is 4.72. The number of thioether (sulfide) groups is 1. The molecule has 3 unspecified atom stereocenters. The summed E-state index contributed by atoms with van der Waals surface area (Å²) in [5.74, 6) is -0.785. The topological polar surface area (TPSA) is 60.8 Å². The van der Waals surface area contributed by atoms with Crippen LogP contribution in [0.1, 0.15) is 25.3 Å². The fraction of sp³-hybridized carbons (Fsp3) is 0.333. The molecular formula is C21H22FNO3S2. The van der Waals surface area contributed by atoms with Crippen LogP contribution < -0.4 is 0 Å². The lowest BCUT2D eigenvalue weighted by molar-refractivity contribution is -0.137. The van der Waals surface area contributed by atoms with Gasteiger partial charge in [-0.2, -0.15) is 0 Å². The SMILES string of the molecule is CC1C=C(c2ccc(F)cc2)C=CC1/C=C1\SC(=S)N(CCCC(=O)O)C1O. The largest absolute Gasteiger partial charge is 0.481 e. The maximum atomic E-state index is 13.1. The second-order valence-corrected chi connectivity index (χ2v) is 8.63. The van der Waals surface area contributed by atoms with Crippen LogP contribution in [0, 0.1) is 17.7 Å². The van der Waals surface area contributed by atoms with Crippen molar-refractivity contribution >= 4 is 39.8 Å². The van der Waals surface area contributed by atoms with Crippen LogP contribution in [0.15, 0.2) is 53.5 Å². The van der Waals surface area contributed by atoms with E-state index in [1.165, 1.54) is 23.9 Å². The molecule has 0 radical (unpaired) electrons. The van der Waals surface area contributed by atoms with Crippen LogP contribution in [0.3, 0.4) is 0 Å². The van der Waals surface area contributed by atoms with Crippen LogP contribution in [0.2, 0.25) is 0 Å². The number of carboxylic acid groups (broad SMARTS) is 1. The highest BCUT2D eigenvalue weighted by atomic mass is 32.2. The minimum absolute atomic E-state index is 0.0505. The number of halogens is 1.